The molecule has 0 radical (unpaired) electrons. The van der Waals surface area contributed by atoms with Gasteiger partial charge in [0, 0.05) is 13.2 Å². The Hall–Kier alpha value is -2.40. The third kappa shape index (κ3) is 3.68. The molecule has 1 saturated heterocycles. The van der Waals surface area contributed by atoms with E-state index < -0.39 is 0 Å². The second-order valence-corrected chi connectivity index (χ2v) is 5.54. The molecular weight excluding hydrogens is 294 g/mol. The van der Waals surface area contributed by atoms with E-state index in [2.05, 4.69) is 5.32 Å². The summed E-state index contributed by atoms with van der Waals surface area (Å²) < 4.78 is 11.0. The highest BCUT2D eigenvalue weighted by molar-refractivity contribution is 6.00. The first-order valence-corrected chi connectivity index (χ1v) is 7.76. The van der Waals surface area contributed by atoms with Gasteiger partial charge in [0.05, 0.1) is 11.7 Å². The third-order valence-corrected chi connectivity index (χ3v) is 3.96. The molecule has 2 aromatic carbocycles. The van der Waals surface area contributed by atoms with Gasteiger partial charge in [-0.05, 0) is 29.7 Å². The van der Waals surface area contributed by atoms with Crippen LogP contribution in [-0.2, 0) is 9.53 Å². The van der Waals surface area contributed by atoms with Crippen LogP contribution in [0, 0.1) is 0 Å². The van der Waals surface area contributed by atoms with Crippen molar-refractivity contribution in [3.8, 4) is 5.75 Å². The number of carbonyl (C=O) groups excluding carboxylic acids is 2. The van der Waals surface area contributed by atoms with Crippen molar-refractivity contribution in [3.05, 3.63) is 42.0 Å². The molecule has 0 spiro atoms. The molecule has 5 nitrogen and oxygen atoms in total. The highest BCUT2D eigenvalue weighted by atomic mass is 16.5. The van der Waals surface area contributed by atoms with Gasteiger partial charge >= 0.3 is 0 Å². The molecule has 5 heteroatoms. The van der Waals surface area contributed by atoms with Crippen LogP contribution in [0.15, 0.2) is 36.4 Å². The smallest absolute Gasteiger partial charge is 0.258 e. The lowest BCUT2D eigenvalue weighted by molar-refractivity contribution is -0.123. The van der Waals surface area contributed by atoms with Crippen LogP contribution in [0.4, 0.5) is 0 Å². The Morgan fingerprint density at radius 1 is 1.30 bits per heavy atom. The van der Waals surface area contributed by atoms with Crippen LogP contribution >= 0.6 is 0 Å². The molecule has 1 aliphatic rings. The lowest BCUT2D eigenvalue weighted by atomic mass is 10.0. The van der Waals surface area contributed by atoms with E-state index in [1.54, 1.807) is 6.07 Å². The molecule has 1 amide bonds. The Morgan fingerprint density at radius 2 is 2.17 bits per heavy atom. The molecule has 120 valence electrons. The first-order chi connectivity index (χ1) is 11.3. The van der Waals surface area contributed by atoms with E-state index in [1.807, 2.05) is 30.3 Å². The number of hydrogen-bond donors (Lipinski definition) is 1. The summed E-state index contributed by atoms with van der Waals surface area (Å²) in [6.07, 6.45) is 2.88. The summed E-state index contributed by atoms with van der Waals surface area (Å²) in [4.78, 5) is 23.2. The Balaban J connectivity index is 1.62. The van der Waals surface area contributed by atoms with Gasteiger partial charge in [0.15, 0.2) is 12.9 Å². The first kappa shape index (κ1) is 15.5. The molecule has 2 aromatic rings. The fraction of sp³-hybridized carbons (Fsp3) is 0.333. The first-order valence-electron chi connectivity index (χ1n) is 7.76. The zero-order valence-corrected chi connectivity index (χ0v) is 12.8. The van der Waals surface area contributed by atoms with E-state index in [-0.39, 0.29) is 18.6 Å². The summed E-state index contributed by atoms with van der Waals surface area (Å²) in [5, 5.41) is 4.57. The molecule has 1 heterocycles. The average molecular weight is 313 g/mol. The summed E-state index contributed by atoms with van der Waals surface area (Å²) in [5.41, 5.74) is 0.468. The van der Waals surface area contributed by atoms with E-state index in [9.17, 15) is 9.59 Å². The molecule has 1 N–H and O–H groups in total. The average Bonchev–Trinajstić information content (AvgIpc) is 3.11. The van der Waals surface area contributed by atoms with E-state index in [1.165, 1.54) is 0 Å². The zero-order valence-electron chi connectivity index (χ0n) is 12.8. The standard InChI is InChI=1S/C18H19NO4/c20-11-16-15-6-2-1-4-13(15)7-8-17(16)23-12-18(21)19-10-14-5-3-9-22-14/h1-2,4,6-8,11,14H,3,5,9-10,12H2,(H,19,21)/t14-/m1/s1. The summed E-state index contributed by atoms with van der Waals surface area (Å²) in [6, 6.07) is 11.2. The lowest BCUT2D eigenvalue weighted by Gasteiger charge is -2.13. The second kappa shape index (κ2) is 7.24. The van der Waals surface area contributed by atoms with Gasteiger partial charge in [-0.1, -0.05) is 30.3 Å². The van der Waals surface area contributed by atoms with Crippen molar-refractivity contribution in [2.45, 2.75) is 18.9 Å². The van der Waals surface area contributed by atoms with Gasteiger partial charge < -0.3 is 14.8 Å². The van der Waals surface area contributed by atoms with Gasteiger partial charge in [-0.15, -0.1) is 0 Å². The Bertz CT molecular complexity index is 707. The van der Waals surface area contributed by atoms with Crippen molar-refractivity contribution in [1.82, 2.24) is 5.32 Å². The van der Waals surface area contributed by atoms with Crippen molar-refractivity contribution >= 4 is 23.0 Å². The van der Waals surface area contributed by atoms with Crippen LogP contribution in [-0.4, -0.2) is 38.1 Å². The molecule has 1 fully saturated rings. The fourth-order valence-corrected chi connectivity index (χ4v) is 2.75. The van der Waals surface area contributed by atoms with Crippen molar-refractivity contribution < 1.29 is 19.1 Å². The van der Waals surface area contributed by atoms with E-state index in [4.69, 9.17) is 9.47 Å². The van der Waals surface area contributed by atoms with Crippen molar-refractivity contribution in [1.29, 1.82) is 0 Å². The van der Waals surface area contributed by atoms with E-state index in [0.717, 1.165) is 36.5 Å². The van der Waals surface area contributed by atoms with Crippen LogP contribution < -0.4 is 10.1 Å². The van der Waals surface area contributed by atoms with Gasteiger partial charge in [-0.25, -0.2) is 0 Å². The fourth-order valence-electron chi connectivity index (χ4n) is 2.75. The molecule has 1 aliphatic heterocycles. The van der Waals surface area contributed by atoms with Crippen LogP contribution in [0.25, 0.3) is 10.8 Å². The van der Waals surface area contributed by atoms with E-state index in [0.29, 0.717) is 17.9 Å². The van der Waals surface area contributed by atoms with Crippen molar-refractivity contribution in [2.24, 2.45) is 0 Å². The van der Waals surface area contributed by atoms with Crippen LogP contribution in [0.2, 0.25) is 0 Å². The summed E-state index contributed by atoms with van der Waals surface area (Å²) >= 11 is 0. The Labute approximate surface area is 134 Å². The summed E-state index contributed by atoms with van der Waals surface area (Å²) in [5.74, 6) is 0.205. The monoisotopic (exact) mass is 313 g/mol. The molecule has 0 unspecified atom stereocenters. The number of ether oxygens (including phenoxy) is 2. The molecule has 1 atom stereocenters. The van der Waals surface area contributed by atoms with Crippen molar-refractivity contribution in [2.75, 3.05) is 19.8 Å². The van der Waals surface area contributed by atoms with E-state index >= 15 is 0 Å². The molecule has 0 bridgehead atoms. The summed E-state index contributed by atoms with van der Waals surface area (Å²) in [7, 11) is 0. The SMILES string of the molecule is O=Cc1c(OCC(=O)NC[C@H]2CCCO2)ccc2ccccc12. The maximum absolute atomic E-state index is 11.9. The Kier molecular flexibility index (Phi) is 4.88. The minimum atomic E-state index is -0.217. The number of aldehydes is 1. The molecular formula is C18H19NO4. The molecule has 0 aliphatic carbocycles. The minimum absolute atomic E-state index is 0.102. The molecule has 3 rings (SSSR count). The largest absolute Gasteiger partial charge is 0.483 e. The number of rotatable bonds is 6. The quantitative estimate of drug-likeness (QED) is 0.831. The number of nitrogens with one attached hydrogen (secondary N) is 1. The maximum Gasteiger partial charge on any atom is 0.258 e. The number of amides is 1. The normalized spacial score (nSPS) is 17.1. The van der Waals surface area contributed by atoms with Gasteiger partial charge in [-0.2, -0.15) is 0 Å². The van der Waals surface area contributed by atoms with Gasteiger partial charge in [0.1, 0.15) is 5.75 Å². The lowest BCUT2D eigenvalue weighted by Crippen LogP contribution is -2.35. The summed E-state index contributed by atoms with van der Waals surface area (Å²) in [6.45, 7) is 1.14. The minimum Gasteiger partial charge on any atom is -0.483 e. The van der Waals surface area contributed by atoms with Crippen LogP contribution in [0.1, 0.15) is 23.2 Å². The number of fused-ring (bicyclic) bond motifs is 1. The topological polar surface area (TPSA) is 64.6 Å². The van der Waals surface area contributed by atoms with Crippen molar-refractivity contribution in [3.63, 3.8) is 0 Å². The van der Waals surface area contributed by atoms with Crippen LogP contribution in [0.3, 0.4) is 0 Å². The van der Waals surface area contributed by atoms with Gasteiger partial charge in [-0.3, -0.25) is 9.59 Å². The maximum atomic E-state index is 11.9. The predicted octanol–water partition coefficient (Wildman–Crippen LogP) is 2.33. The van der Waals surface area contributed by atoms with Crippen LogP contribution in [0.5, 0.6) is 5.75 Å². The molecule has 23 heavy (non-hydrogen) atoms. The van der Waals surface area contributed by atoms with Gasteiger partial charge in [0.2, 0.25) is 0 Å². The number of carbonyl (C=O) groups is 2. The predicted molar refractivity (Wildman–Crippen MR) is 86.8 cm³/mol. The Morgan fingerprint density at radius 3 is 2.96 bits per heavy atom. The molecule has 0 aromatic heterocycles. The zero-order chi connectivity index (χ0) is 16.1. The number of hydrogen-bond acceptors (Lipinski definition) is 4. The second-order valence-electron chi connectivity index (χ2n) is 5.54. The highest BCUT2D eigenvalue weighted by Crippen LogP contribution is 2.26. The number of benzene rings is 2. The van der Waals surface area contributed by atoms with Gasteiger partial charge in [0.25, 0.3) is 5.91 Å². The third-order valence-electron chi connectivity index (χ3n) is 3.96. The highest BCUT2D eigenvalue weighted by Gasteiger charge is 2.16. The molecule has 0 saturated carbocycles.